The predicted octanol–water partition coefficient (Wildman–Crippen LogP) is -2.21. The van der Waals surface area contributed by atoms with Crippen molar-refractivity contribution in [3.8, 4) is 0 Å². The maximum absolute atomic E-state index is 7.62. The van der Waals surface area contributed by atoms with Gasteiger partial charge in [-0.05, 0) is 0 Å². The first-order valence-corrected chi connectivity index (χ1v) is 1.47. The Morgan fingerprint density at radius 1 is 1.00 bits per heavy atom. The minimum atomic E-state index is -0.125. The normalized spacial score (nSPS) is 6.00. The molecule has 0 radical (unpaired) electrons. The smallest absolute Gasteiger partial charge is 0.0662 e. The van der Waals surface area contributed by atoms with Crippen LogP contribution in [0.4, 0.5) is 0 Å². The van der Waals surface area contributed by atoms with Crippen LogP contribution in [0, 0.1) is 0 Å². The molecule has 4 nitrogen and oxygen atoms in total. The Hall–Kier alpha value is -0.160. The lowest BCUT2D eigenvalue weighted by Crippen LogP contribution is -2.02. The van der Waals surface area contributed by atoms with E-state index in [4.69, 9.17) is 10.2 Å². The monoisotopic (exact) mass is 94.1 g/mol. The summed E-state index contributed by atoms with van der Waals surface area (Å²) in [6.45, 7) is -0.250. The Balaban J connectivity index is 0. The number of aliphatic hydroxyl groups excluding tert-OH is 2. The van der Waals surface area contributed by atoms with Gasteiger partial charge in [0.25, 0.3) is 0 Å². The first-order valence-electron chi connectivity index (χ1n) is 1.47. The highest BCUT2D eigenvalue weighted by Crippen LogP contribution is 1.39. The fourth-order valence-electron chi connectivity index (χ4n) is 0. The summed E-state index contributed by atoms with van der Waals surface area (Å²) in [5.74, 6) is 8.00. The molecule has 0 saturated carbocycles. The molecule has 0 aromatic heterocycles. The van der Waals surface area contributed by atoms with Crippen molar-refractivity contribution in [2.45, 2.75) is 0 Å². The number of hydrogen-bond donors (Lipinski definition) is 4. The van der Waals surface area contributed by atoms with E-state index >= 15 is 0 Å². The van der Waals surface area contributed by atoms with Crippen LogP contribution in [0.1, 0.15) is 0 Å². The summed E-state index contributed by atoms with van der Waals surface area (Å²) in [7, 11) is 0. The molecule has 0 fully saturated rings. The van der Waals surface area contributed by atoms with Gasteiger partial charge in [0.05, 0.1) is 13.2 Å². The van der Waals surface area contributed by atoms with E-state index in [0.29, 0.717) is 0 Å². The van der Waals surface area contributed by atoms with Crippen molar-refractivity contribution in [2.75, 3.05) is 13.2 Å². The first kappa shape index (κ1) is 9.28. The molecule has 0 bridgehead atoms. The van der Waals surface area contributed by atoms with E-state index in [1.807, 2.05) is 0 Å². The van der Waals surface area contributed by atoms with Gasteiger partial charge in [0.15, 0.2) is 0 Å². The van der Waals surface area contributed by atoms with Crippen LogP contribution in [0.15, 0.2) is 0 Å². The second kappa shape index (κ2) is 21.1. The Morgan fingerprint density at radius 2 is 1.17 bits per heavy atom. The van der Waals surface area contributed by atoms with E-state index in [1.54, 1.807) is 0 Å². The maximum Gasteiger partial charge on any atom is 0.0662 e. The van der Waals surface area contributed by atoms with Crippen LogP contribution in [-0.4, -0.2) is 23.4 Å². The summed E-state index contributed by atoms with van der Waals surface area (Å²) in [6, 6.07) is 0. The van der Waals surface area contributed by atoms with Gasteiger partial charge in [0.2, 0.25) is 0 Å². The lowest BCUT2D eigenvalue weighted by Gasteiger charge is -1.70. The predicted molar refractivity (Wildman–Crippen MR) is 22.5 cm³/mol. The van der Waals surface area contributed by atoms with Crippen molar-refractivity contribution in [1.29, 1.82) is 0 Å². The molecule has 0 aliphatic heterocycles. The molecule has 6 N–H and O–H groups in total. The van der Waals surface area contributed by atoms with Crippen molar-refractivity contribution in [1.82, 2.24) is 0 Å². The van der Waals surface area contributed by atoms with Crippen molar-refractivity contribution < 1.29 is 10.2 Å². The second-order valence-electron chi connectivity index (χ2n) is 0.447. The Morgan fingerprint density at radius 3 is 1.17 bits per heavy atom. The van der Waals surface area contributed by atoms with Crippen LogP contribution < -0.4 is 11.7 Å². The summed E-state index contributed by atoms with van der Waals surface area (Å²) >= 11 is 0. The van der Waals surface area contributed by atoms with Gasteiger partial charge in [-0.2, -0.15) is 0 Å². The maximum atomic E-state index is 7.62. The summed E-state index contributed by atoms with van der Waals surface area (Å²) in [6.07, 6.45) is 0. The van der Waals surface area contributed by atoms with Gasteiger partial charge in [-0.25, -0.2) is 0 Å². The number of hydrazine groups is 1. The number of aliphatic hydroxyl groups is 2. The quantitative estimate of drug-likeness (QED) is 0.219. The Labute approximate surface area is 36.3 Å². The van der Waals surface area contributed by atoms with E-state index in [9.17, 15) is 0 Å². The summed E-state index contributed by atoms with van der Waals surface area (Å²) in [5.41, 5.74) is 0. The molecule has 4 heteroatoms. The second-order valence-corrected chi connectivity index (χ2v) is 0.447. The highest BCUT2D eigenvalue weighted by Gasteiger charge is 1.58. The Kier molecular flexibility index (Phi) is 32.6. The molecule has 6 heavy (non-hydrogen) atoms. The average molecular weight is 94.1 g/mol. The molecule has 40 valence electrons. The molecule has 0 aliphatic rings. The van der Waals surface area contributed by atoms with E-state index in [-0.39, 0.29) is 13.2 Å². The molecule has 0 unspecified atom stereocenters. The van der Waals surface area contributed by atoms with E-state index in [2.05, 4.69) is 11.7 Å². The molecule has 0 aliphatic carbocycles. The third-order valence-corrected chi connectivity index (χ3v) is 0.1000. The van der Waals surface area contributed by atoms with Crippen molar-refractivity contribution in [3.05, 3.63) is 0 Å². The van der Waals surface area contributed by atoms with E-state index in [1.165, 1.54) is 0 Å². The lowest BCUT2D eigenvalue weighted by molar-refractivity contribution is 0.186. The van der Waals surface area contributed by atoms with Crippen molar-refractivity contribution >= 4 is 0 Å². The first-order chi connectivity index (χ1) is 2.91. The van der Waals surface area contributed by atoms with Gasteiger partial charge in [-0.3, -0.25) is 11.7 Å². The summed E-state index contributed by atoms with van der Waals surface area (Å²) in [4.78, 5) is 0. The average Bonchev–Trinajstić information content (AvgIpc) is 1.72. The van der Waals surface area contributed by atoms with E-state index < -0.39 is 0 Å². The highest BCUT2D eigenvalue weighted by atomic mass is 16.3. The van der Waals surface area contributed by atoms with E-state index in [0.717, 1.165) is 0 Å². The minimum absolute atomic E-state index is 0.125. The van der Waals surface area contributed by atoms with Gasteiger partial charge in [0, 0.05) is 0 Å². The fraction of sp³-hybridized carbons (Fsp3) is 1.00. The number of hydrogen-bond acceptors (Lipinski definition) is 4. The fourth-order valence-corrected chi connectivity index (χ4v) is 0. The largest absolute Gasteiger partial charge is 0.394 e. The third-order valence-electron chi connectivity index (χ3n) is 0.1000. The summed E-state index contributed by atoms with van der Waals surface area (Å²) < 4.78 is 0. The van der Waals surface area contributed by atoms with Gasteiger partial charge in [0.1, 0.15) is 0 Å². The van der Waals surface area contributed by atoms with Crippen molar-refractivity contribution in [2.24, 2.45) is 11.7 Å². The molecule has 0 aromatic rings. The molecule has 0 spiro atoms. The van der Waals surface area contributed by atoms with Crippen LogP contribution in [0.3, 0.4) is 0 Å². The SMILES string of the molecule is NN.OCCO. The minimum Gasteiger partial charge on any atom is -0.394 e. The molecule has 0 aromatic carbocycles. The number of nitrogens with two attached hydrogens (primary N) is 2. The molecule has 0 saturated heterocycles. The van der Waals surface area contributed by atoms with Crippen LogP contribution in [0.5, 0.6) is 0 Å². The third kappa shape index (κ3) is 43.9. The molecule has 0 amide bonds. The standard InChI is InChI=1S/C2H6O2.H4N2/c3-1-2-4;1-2/h3-4H,1-2H2;1-2H2. The van der Waals surface area contributed by atoms with Crippen LogP contribution in [0.25, 0.3) is 0 Å². The zero-order valence-corrected chi connectivity index (χ0v) is 3.46. The molecular formula is C2H10N2O2. The zero-order valence-electron chi connectivity index (χ0n) is 3.46. The summed E-state index contributed by atoms with van der Waals surface area (Å²) in [5, 5.41) is 15.2. The molecular weight excluding hydrogens is 84.0 g/mol. The van der Waals surface area contributed by atoms with Gasteiger partial charge < -0.3 is 10.2 Å². The van der Waals surface area contributed by atoms with Gasteiger partial charge in [-0.1, -0.05) is 0 Å². The molecule has 0 rings (SSSR count). The van der Waals surface area contributed by atoms with Crippen LogP contribution in [0.2, 0.25) is 0 Å². The molecule has 0 heterocycles. The van der Waals surface area contributed by atoms with Gasteiger partial charge >= 0.3 is 0 Å². The number of rotatable bonds is 1. The van der Waals surface area contributed by atoms with Gasteiger partial charge in [-0.15, -0.1) is 0 Å². The van der Waals surface area contributed by atoms with Crippen LogP contribution in [-0.2, 0) is 0 Å². The topological polar surface area (TPSA) is 92.5 Å². The Bertz CT molecular complexity index is 11.5. The lowest BCUT2D eigenvalue weighted by atomic mass is 10.8. The van der Waals surface area contributed by atoms with Crippen molar-refractivity contribution in [3.63, 3.8) is 0 Å². The van der Waals surface area contributed by atoms with Crippen LogP contribution >= 0.6 is 0 Å². The highest BCUT2D eigenvalue weighted by molar-refractivity contribution is 4.06. The molecule has 0 atom stereocenters. The zero-order chi connectivity index (χ0) is 5.41.